The summed E-state index contributed by atoms with van der Waals surface area (Å²) in [5.41, 5.74) is 9.21. The lowest BCUT2D eigenvalue weighted by Crippen LogP contribution is -2.11. The third-order valence-electron chi connectivity index (χ3n) is 3.56. The predicted octanol–water partition coefficient (Wildman–Crippen LogP) is 2.91. The maximum atomic E-state index is 12.1. The number of imidazole rings is 1. The number of rotatable bonds is 5. The fourth-order valence-corrected chi connectivity index (χ4v) is 2.99. The van der Waals surface area contributed by atoms with Gasteiger partial charge < -0.3 is 5.73 Å². The molecule has 0 aliphatic heterocycles. The zero-order valence-corrected chi connectivity index (χ0v) is 14.1. The molecule has 1 aromatic heterocycles. The van der Waals surface area contributed by atoms with E-state index < -0.39 is 0 Å². The summed E-state index contributed by atoms with van der Waals surface area (Å²) in [7, 11) is 0. The number of hydrogen-bond acceptors (Lipinski definition) is 5. The maximum Gasteiger partial charge on any atom is 0.185 e. The Bertz CT molecular complexity index is 810. The lowest BCUT2D eigenvalue weighted by atomic mass is 10.1. The molecule has 0 fully saturated rings. The second-order valence-corrected chi connectivity index (χ2v) is 6.12. The van der Waals surface area contributed by atoms with E-state index in [1.807, 2.05) is 29.0 Å². The van der Waals surface area contributed by atoms with Crippen molar-refractivity contribution in [2.45, 2.75) is 25.9 Å². The molecule has 0 aliphatic carbocycles. The number of carbonyl (C=O) groups excluding carboxylic acids is 1. The quantitative estimate of drug-likeness (QED) is 0.519. The van der Waals surface area contributed by atoms with Crippen molar-refractivity contribution < 1.29 is 4.79 Å². The van der Waals surface area contributed by atoms with Gasteiger partial charge in [0.15, 0.2) is 10.9 Å². The highest BCUT2D eigenvalue weighted by atomic mass is 32.2. The summed E-state index contributed by atoms with van der Waals surface area (Å²) >= 11 is 1.29. The van der Waals surface area contributed by atoms with Gasteiger partial charge in [0.1, 0.15) is 11.6 Å². The minimum atomic E-state index is -0.284. The normalized spacial score (nSPS) is 11.7. The molecule has 2 aromatic rings. The number of nitrogens with zero attached hydrogens (tertiary/aromatic N) is 3. The van der Waals surface area contributed by atoms with Crippen molar-refractivity contribution in [2.75, 3.05) is 5.75 Å². The van der Waals surface area contributed by atoms with E-state index in [-0.39, 0.29) is 22.8 Å². The number of thioether (sulfide) groups is 1. The molecule has 0 atom stereocenters. The van der Waals surface area contributed by atoms with Crippen LogP contribution in [0.2, 0.25) is 0 Å². The number of benzene rings is 1. The molecule has 0 unspecified atom stereocenters. The Balaban J connectivity index is 2.24. The van der Waals surface area contributed by atoms with Crippen LogP contribution in [0.25, 0.3) is 5.69 Å². The van der Waals surface area contributed by atoms with E-state index in [9.17, 15) is 4.79 Å². The largest absolute Gasteiger partial charge is 0.401 e. The Morgan fingerprint density at radius 2 is 2.17 bits per heavy atom. The summed E-state index contributed by atoms with van der Waals surface area (Å²) in [5.74, 6) is -0.160. The number of allylic oxidation sites excluding steroid dienone is 2. The molecular weight excluding hydrogens is 308 g/mol. The molecule has 0 saturated carbocycles. The fourth-order valence-electron chi connectivity index (χ4n) is 2.15. The number of aromatic nitrogens is 2. The number of carbonyl (C=O) groups is 1. The van der Waals surface area contributed by atoms with Gasteiger partial charge in [-0.25, -0.2) is 4.98 Å². The van der Waals surface area contributed by atoms with Crippen molar-refractivity contribution in [2.24, 2.45) is 5.73 Å². The van der Waals surface area contributed by atoms with E-state index >= 15 is 0 Å². The van der Waals surface area contributed by atoms with E-state index in [1.54, 1.807) is 13.1 Å². The molecule has 1 aromatic carbocycles. The van der Waals surface area contributed by atoms with Crippen LogP contribution >= 0.6 is 11.8 Å². The summed E-state index contributed by atoms with van der Waals surface area (Å²) in [5, 5.41) is 9.69. The topological polar surface area (TPSA) is 84.7 Å². The first-order valence-corrected chi connectivity index (χ1v) is 8.06. The number of hydrogen-bond donors (Lipinski definition) is 1. The van der Waals surface area contributed by atoms with Crippen LogP contribution in [0.15, 0.2) is 47.0 Å². The van der Waals surface area contributed by atoms with Crippen molar-refractivity contribution in [3.8, 4) is 11.8 Å². The molecule has 0 amide bonds. The number of Topliss-reactive ketones (excluding diaryl/α,β-unsaturated/α-hetero) is 1. The molecule has 23 heavy (non-hydrogen) atoms. The van der Waals surface area contributed by atoms with E-state index in [1.165, 1.54) is 17.3 Å². The molecule has 2 N–H and O–H groups in total. The Labute approximate surface area is 139 Å². The monoisotopic (exact) mass is 326 g/mol. The summed E-state index contributed by atoms with van der Waals surface area (Å²) in [4.78, 5) is 16.4. The molecule has 1 heterocycles. The van der Waals surface area contributed by atoms with Crippen molar-refractivity contribution in [1.29, 1.82) is 5.26 Å². The van der Waals surface area contributed by atoms with Crippen LogP contribution in [0, 0.1) is 25.2 Å². The summed E-state index contributed by atoms with van der Waals surface area (Å²) in [6.45, 7) is 5.66. The first-order chi connectivity index (χ1) is 11.0. The third-order valence-corrected chi connectivity index (χ3v) is 4.53. The zero-order chi connectivity index (χ0) is 17.0. The number of nitrogens with two attached hydrogens (primary N) is 1. The SMILES string of the molecule is C/C(N)=C(/C#N)C(=O)CSc1nccn1-c1cccc(C)c1C. The van der Waals surface area contributed by atoms with Crippen LogP contribution in [-0.4, -0.2) is 21.1 Å². The van der Waals surface area contributed by atoms with Gasteiger partial charge in [0, 0.05) is 18.1 Å². The van der Waals surface area contributed by atoms with Crippen LogP contribution in [0.1, 0.15) is 18.1 Å². The van der Waals surface area contributed by atoms with Gasteiger partial charge in [-0.1, -0.05) is 23.9 Å². The van der Waals surface area contributed by atoms with Crippen LogP contribution in [-0.2, 0) is 4.79 Å². The van der Waals surface area contributed by atoms with Crippen molar-refractivity contribution >= 4 is 17.5 Å². The Morgan fingerprint density at radius 1 is 1.43 bits per heavy atom. The maximum absolute atomic E-state index is 12.1. The first-order valence-electron chi connectivity index (χ1n) is 7.08. The molecule has 6 heteroatoms. The minimum absolute atomic E-state index is 0.0161. The number of nitriles is 1. The van der Waals surface area contributed by atoms with E-state index in [0.29, 0.717) is 5.16 Å². The molecular formula is C17H18N4OS. The van der Waals surface area contributed by atoms with E-state index in [4.69, 9.17) is 11.0 Å². The molecule has 0 saturated heterocycles. The summed E-state index contributed by atoms with van der Waals surface area (Å²) in [6, 6.07) is 7.92. The van der Waals surface area contributed by atoms with Gasteiger partial charge >= 0.3 is 0 Å². The average molecular weight is 326 g/mol. The van der Waals surface area contributed by atoms with Crippen molar-refractivity contribution in [3.05, 3.63) is 53.0 Å². The van der Waals surface area contributed by atoms with Crippen LogP contribution in [0.4, 0.5) is 0 Å². The van der Waals surface area contributed by atoms with Gasteiger partial charge in [-0.2, -0.15) is 5.26 Å². The molecule has 0 aliphatic rings. The first kappa shape index (κ1) is 16.8. The second-order valence-electron chi connectivity index (χ2n) is 5.18. The van der Waals surface area contributed by atoms with Gasteiger partial charge in [0.05, 0.1) is 11.4 Å². The second kappa shape index (κ2) is 7.16. The number of ketones is 1. The summed E-state index contributed by atoms with van der Waals surface area (Å²) in [6.07, 6.45) is 3.56. The average Bonchev–Trinajstić information content (AvgIpc) is 2.96. The molecule has 5 nitrogen and oxygen atoms in total. The van der Waals surface area contributed by atoms with Gasteiger partial charge in [0.25, 0.3) is 0 Å². The molecule has 118 valence electrons. The van der Waals surface area contributed by atoms with Crippen LogP contribution in [0.3, 0.4) is 0 Å². The molecule has 2 rings (SSSR count). The third kappa shape index (κ3) is 3.63. The van der Waals surface area contributed by atoms with E-state index in [0.717, 1.165) is 11.3 Å². The lowest BCUT2D eigenvalue weighted by molar-refractivity contribution is -0.112. The molecule has 0 bridgehead atoms. The van der Waals surface area contributed by atoms with Gasteiger partial charge in [-0.3, -0.25) is 9.36 Å². The number of aryl methyl sites for hydroxylation is 1. The highest BCUT2D eigenvalue weighted by Gasteiger charge is 2.15. The van der Waals surface area contributed by atoms with Gasteiger partial charge in [-0.15, -0.1) is 0 Å². The van der Waals surface area contributed by atoms with Crippen LogP contribution < -0.4 is 5.73 Å². The predicted molar refractivity (Wildman–Crippen MR) is 91.3 cm³/mol. The molecule has 0 spiro atoms. The summed E-state index contributed by atoms with van der Waals surface area (Å²) < 4.78 is 1.95. The minimum Gasteiger partial charge on any atom is -0.401 e. The Kier molecular flexibility index (Phi) is 5.24. The lowest BCUT2D eigenvalue weighted by Gasteiger charge is -2.12. The highest BCUT2D eigenvalue weighted by molar-refractivity contribution is 7.99. The van der Waals surface area contributed by atoms with Gasteiger partial charge in [0.2, 0.25) is 0 Å². The molecule has 0 radical (unpaired) electrons. The standard InChI is InChI=1S/C17H18N4OS/c1-11-5-4-6-15(12(11)2)21-8-7-20-17(21)23-10-16(22)14(9-18)13(3)19/h4-8H,10,19H2,1-3H3/b14-13+. The highest BCUT2D eigenvalue weighted by Crippen LogP contribution is 2.24. The van der Waals surface area contributed by atoms with Gasteiger partial charge in [-0.05, 0) is 38.0 Å². The van der Waals surface area contributed by atoms with Crippen molar-refractivity contribution in [1.82, 2.24) is 9.55 Å². The Morgan fingerprint density at radius 3 is 2.83 bits per heavy atom. The Hall–Kier alpha value is -2.52. The van der Waals surface area contributed by atoms with E-state index in [2.05, 4.69) is 24.9 Å². The fraction of sp³-hybridized carbons (Fsp3) is 0.235. The van der Waals surface area contributed by atoms with Crippen LogP contribution in [0.5, 0.6) is 0 Å². The smallest absolute Gasteiger partial charge is 0.185 e. The zero-order valence-electron chi connectivity index (χ0n) is 13.3. The van der Waals surface area contributed by atoms with Crippen molar-refractivity contribution in [3.63, 3.8) is 0 Å².